The SMILES string of the molecule is CCc1ccc(-c2ccc(Cl)cc2Cl)cc1C1=C(C)C(C)(C)OC(C)(C)C1=O. The van der Waals surface area contributed by atoms with E-state index in [1.165, 1.54) is 0 Å². The van der Waals surface area contributed by atoms with Crippen LogP contribution in [0.1, 0.15) is 52.7 Å². The van der Waals surface area contributed by atoms with Gasteiger partial charge in [0.1, 0.15) is 5.60 Å². The second-order valence-corrected chi connectivity index (χ2v) is 9.15. The molecule has 0 fully saturated rings. The Morgan fingerprint density at radius 3 is 2.21 bits per heavy atom. The van der Waals surface area contributed by atoms with E-state index in [2.05, 4.69) is 19.1 Å². The number of ketones is 1. The number of halogens is 2. The van der Waals surface area contributed by atoms with Crippen LogP contribution in [0, 0.1) is 0 Å². The lowest BCUT2D eigenvalue weighted by atomic mass is 9.77. The van der Waals surface area contributed by atoms with E-state index in [0.29, 0.717) is 10.0 Å². The third kappa shape index (κ3) is 3.66. The minimum Gasteiger partial charge on any atom is -0.357 e. The number of rotatable bonds is 3. The fourth-order valence-corrected chi connectivity index (χ4v) is 4.38. The molecule has 0 N–H and O–H groups in total. The molecule has 0 saturated carbocycles. The molecule has 1 aliphatic rings. The van der Waals surface area contributed by atoms with Gasteiger partial charge in [0.2, 0.25) is 0 Å². The zero-order valence-electron chi connectivity index (χ0n) is 17.2. The fraction of sp³-hybridized carbons (Fsp3) is 0.375. The lowest BCUT2D eigenvalue weighted by Gasteiger charge is -2.42. The molecule has 4 heteroatoms. The van der Waals surface area contributed by atoms with Gasteiger partial charge in [0, 0.05) is 21.2 Å². The van der Waals surface area contributed by atoms with E-state index in [4.69, 9.17) is 27.9 Å². The Balaban J connectivity index is 2.27. The third-order valence-electron chi connectivity index (χ3n) is 5.56. The van der Waals surface area contributed by atoms with Crippen molar-refractivity contribution in [3.05, 3.63) is 63.1 Å². The molecule has 2 aromatic carbocycles. The van der Waals surface area contributed by atoms with Gasteiger partial charge in [-0.15, -0.1) is 0 Å². The van der Waals surface area contributed by atoms with Gasteiger partial charge in [0.05, 0.1) is 5.60 Å². The Morgan fingerprint density at radius 2 is 1.61 bits per heavy atom. The van der Waals surface area contributed by atoms with Gasteiger partial charge in [-0.25, -0.2) is 0 Å². The average molecular weight is 417 g/mol. The van der Waals surface area contributed by atoms with Crippen LogP contribution < -0.4 is 0 Å². The number of benzene rings is 2. The van der Waals surface area contributed by atoms with Crippen LogP contribution in [-0.4, -0.2) is 17.0 Å². The van der Waals surface area contributed by atoms with Crippen LogP contribution in [0.3, 0.4) is 0 Å². The van der Waals surface area contributed by atoms with Gasteiger partial charge in [0.15, 0.2) is 5.78 Å². The zero-order chi connectivity index (χ0) is 20.9. The van der Waals surface area contributed by atoms with Crippen molar-refractivity contribution in [2.75, 3.05) is 0 Å². The Hall–Kier alpha value is -1.61. The maximum atomic E-state index is 13.3. The van der Waals surface area contributed by atoms with E-state index < -0.39 is 11.2 Å². The summed E-state index contributed by atoms with van der Waals surface area (Å²) in [6.45, 7) is 11.8. The van der Waals surface area contributed by atoms with Crippen LogP contribution >= 0.6 is 23.2 Å². The smallest absolute Gasteiger partial charge is 0.194 e. The van der Waals surface area contributed by atoms with Crippen molar-refractivity contribution in [2.45, 2.75) is 59.2 Å². The molecule has 0 spiro atoms. The largest absolute Gasteiger partial charge is 0.357 e. The van der Waals surface area contributed by atoms with Crippen LogP contribution in [0.25, 0.3) is 16.7 Å². The summed E-state index contributed by atoms with van der Waals surface area (Å²) in [6, 6.07) is 11.7. The molecule has 2 aromatic rings. The molecule has 148 valence electrons. The van der Waals surface area contributed by atoms with Crippen LogP contribution in [0.4, 0.5) is 0 Å². The summed E-state index contributed by atoms with van der Waals surface area (Å²) in [4.78, 5) is 13.3. The minimum atomic E-state index is -0.878. The van der Waals surface area contributed by atoms with Crippen LogP contribution in [-0.2, 0) is 16.0 Å². The summed E-state index contributed by atoms with van der Waals surface area (Å²) in [6.07, 6.45) is 0.829. The normalized spacial score (nSPS) is 18.5. The highest BCUT2D eigenvalue weighted by molar-refractivity contribution is 6.36. The molecule has 0 unspecified atom stereocenters. The first-order valence-electron chi connectivity index (χ1n) is 9.53. The summed E-state index contributed by atoms with van der Waals surface area (Å²) in [7, 11) is 0. The van der Waals surface area contributed by atoms with Crippen molar-refractivity contribution >= 4 is 34.6 Å². The molecule has 0 atom stereocenters. The number of carbonyl (C=O) groups is 1. The molecule has 0 saturated heterocycles. The predicted octanol–water partition coefficient (Wildman–Crippen LogP) is 7.15. The van der Waals surface area contributed by atoms with Crippen molar-refractivity contribution in [1.82, 2.24) is 0 Å². The van der Waals surface area contributed by atoms with Gasteiger partial charge in [-0.2, -0.15) is 0 Å². The van der Waals surface area contributed by atoms with E-state index in [1.54, 1.807) is 6.07 Å². The summed E-state index contributed by atoms with van der Waals surface area (Å²) in [5.41, 5.74) is 4.25. The van der Waals surface area contributed by atoms with Crippen molar-refractivity contribution in [1.29, 1.82) is 0 Å². The first kappa shape index (κ1) is 21.1. The molecule has 28 heavy (non-hydrogen) atoms. The molecule has 3 rings (SSSR count). The first-order valence-corrected chi connectivity index (χ1v) is 10.3. The van der Waals surface area contributed by atoms with Crippen LogP contribution in [0.2, 0.25) is 10.0 Å². The predicted molar refractivity (Wildman–Crippen MR) is 118 cm³/mol. The fourth-order valence-electron chi connectivity index (χ4n) is 3.87. The van der Waals surface area contributed by atoms with Crippen molar-refractivity contribution < 1.29 is 9.53 Å². The molecule has 0 aromatic heterocycles. The van der Waals surface area contributed by atoms with E-state index in [9.17, 15) is 4.79 Å². The number of hydrogen-bond acceptors (Lipinski definition) is 2. The number of aryl methyl sites for hydroxylation is 1. The molecule has 0 amide bonds. The lowest BCUT2D eigenvalue weighted by molar-refractivity contribution is -0.152. The third-order valence-corrected chi connectivity index (χ3v) is 6.11. The summed E-state index contributed by atoms with van der Waals surface area (Å²) in [5, 5.41) is 1.19. The Kier molecular flexibility index (Phi) is 5.53. The van der Waals surface area contributed by atoms with Crippen LogP contribution in [0.15, 0.2) is 42.0 Å². The van der Waals surface area contributed by atoms with Crippen molar-refractivity contribution in [3.63, 3.8) is 0 Å². The van der Waals surface area contributed by atoms with E-state index in [1.807, 2.05) is 52.8 Å². The summed E-state index contributed by atoms with van der Waals surface area (Å²) in [5.74, 6) is 0.0124. The molecule has 2 nitrogen and oxygen atoms in total. The second kappa shape index (κ2) is 7.33. The molecule has 0 aliphatic carbocycles. The standard InChI is InChI=1S/C24H26Cl2O2/c1-7-15-8-9-16(18-11-10-17(25)13-20(18)26)12-19(15)21-14(2)23(3,4)28-24(5,6)22(21)27/h8-13H,7H2,1-6H3. The van der Waals surface area contributed by atoms with Gasteiger partial charge in [-0.05, 0) is 81.5 Å². The first-order chi connectivity index (χ1) is 13.0. The summed E-state index contributed by atoms with van der Waals surface area (Å²) >= 11 is 12.5. The molecular weight excluding hydrogens is 391 g/mol. The quantitative estimate of drug-likeness (QED) is 0.530. The molecular formula is C24H26Cl2O2. The Morgan fingerprint density at radius 1 is 0.929 bits per heavy atom. The Labute approximate surface area is 177 Å². The summed E-state index contributed by atoms with van der Waals surface area (Å²) < 4.78 is 6.11. The molecule has 0 bridgehead atoms. The van der Waals surface area contributed by atoms with Crippen molar-refractivity contribution in [3.8, 4) is 11.1 Å². The van der Waals surface area contributed by atoms with Gasteiger partial charge < -0.3 is 4.74 Å². The average Bonchev–Trinajstić information content (AvgIpc) is 2.60. The zero-order valence-corrected chi connectivity index (χ0v) is 18.8. The number of hydrogen-bond donors (Lipinski definition) is 0. The van der Waals surface area contributed by atoms with E-state index in [0.717, 1.165) is 39.8 Å². The van der Waals surface area contributed by atoms with Crippen molar-refractivity contribution in [2.24, 2.45) is 0 Å². The minimum absolute atomic E-state index is 0.0124. The van der Waals surface area contributed by atoms with E-state index in [-0.39, 0.29) is 5.78 Å². The van der Waals surface area contributed by atoms with Gasteiger partial charge in [-0.3, -0.25) is 4.79 Å². The highest BCUT2D eigenvalue weighted by Gasteiger charge is 2.45. The number of ether oxygens (including phenoxy) is 1. The van der Waals surface area contributed by atoms with E-state index >= 15 is 0 Å². The maximum absolute atomic E-state index is 13.3. The number of Topliss-reactive ketones (excluding diaryl/α,β-unsaturated/α-hetero) is 1. The van der Waals surface area contributed by atoms with Gasteiger partial charge in [-0.1, -0.05) is 48.3 Å². The molecule has 1 heterocycles. The molecule has 0 radical (unpaired) electrons. The second-order valence-electron chi connectivity index (χ2n) is 8.30. The Bertz CT molecular complexity index is 984. The maximum Gasteiger partial charge on any atom is 0.194 e. The topological polar surface area (TPSA) is 26.3 Å². The molecule has 1 aliphatic heterocycles. The van der Waals surface area contributed by atoms with Gasteiger partial charge in [0.25, 0.3) is 0 Å². The lowest BCUT2D eigenvalue weighted by Crippen LogP contribution is -2.49. The van der Waals surface area contributed by atoms with Gasteiger partial charge >= 0.3 is 0 Å². The number of carbonyl (C=O) groups excluding carboxylic acids is 1. The highest BCUT2D eigenvalue weighted by atomic mass is 35.5. The monoisotopic (exact) mass is 416 g/mol. The highest BCUT2D eigenvalue weighted by Crippen LogP contribution is 2.43. The van der Waals surface area contributed by atoms with Crippen LogP contribution in [0.5, 0.6) is 0 Å².